The molecule has 1 aliphatic rings. The predicted molar refractivity (Wildman–Crippen MR) is 79.3 cm³/mol. The second-order valence-corrected chi connectivity index (χ2v) is 7.74. The van der Waals surface area contributed by atoms with E-state index in [0.29, 0.717) is 18.7 Å². The van der Waals surface area contributed by atoms with E-state index in [1.165, 1.54) is 0 Å². The van der Waals surface area contributed by atoms with Crippen LogP contribution in [-0.4, -0.2) is 32.4 Å². The van der Waals surface area contributed by atoms with Gasteiger partial charge in [0.1, 0.15) is 0 Å². The highest BCUT2D eigenvalue weighted by Gasteiger charge is 2.27. The fourth-order valence-electron chi connectivity index (χ4n) is 2.56. The van der Waals surface area contributed by atoms with Gasteiger partial charge in [0.15, 0.2) is 9.84 Å². The molecule has 1 aromatic rings. The lowest BCUT2D eigenvalue weighted by Gasteiger charge is -2.10. The molecule has 1 amide bonds. The van der Waals surface area contributed by atoms with Gasteiger partial charge in [0.05, 0.1) is 17.9 Å². The van der Waals surface area contributed by atoms with E-state index in [1.807, 2.05) is 31.2 Å². The summed E-state index contributed by atoms with van der Waals surface area (Å²) in [7, 11) is -2.81. The lowest BCUT2D eigenvalue weighted by molar-refractivity contribution is -0.120. The summed E-state index contributed by atoms with van der Waals surface area (Å²) in [4.78, 5) is 11.8. The zero-order valence-electron chi connectivity index (χ0n) is 11.8. The largest absolute Gasteiger partial charge is 0.356 e. The van der Waals surface area contributed by atoms with Gasteiger partial charge in [-0.25, -0.2) is 8.42 Å². The Morgan fingerprint density at radius 3 is 2.75 bits per heavy atom. The van der Waals surface area contributed by atoms with Crippen LogP contribution < -0.4 is 5.32 Å². The quantitative estimate of drug-likeness (QED) is 0.895. The lowest BCUT2D eigenvalue weighted by atomic mass is 10.0. The van der Waals surface area contributed by atoms with Crippen LogP contribution in [0, 0.1) is 12.8 Å². The summed E-state index contributed by atoms with van der Waals surface area (Å²) in [6.45, 7) is 2.55. The van der Waals surface area contributed by atoms with Gasteiger partial charge in [0.2, 0.25) is 5.91 Å². The lowest BCUT2D eigenvalue weighted by Crippen LogP contribution is -2.27. The van der Waals surface area contributed by atoms with Gasteiger partial charge in [0, 0.05) is 6.54 Å². The number of carbonyl (C=O) groups excluding carboxylic acids is 1. The molecular formula is C15H21NO3S. The predicted octanol–water partition coefficient (Wildman–Crippen LogP) is 1.48. The van der Waals surface area contributed by atoms with E-state index >= 15 is 0 Å². The van der Waals surface area contributed by atoms with Crippen LogP contribution in [0.2, 0.25) is 0 Å². The van der Waals surface area contributed by atoms with E-state index in [1.54, 1.807) is 0 Å². The summed E-state index contributed by atoms with van der Waals surface area (Å²) in [5, 5.41) is 2.88. The first-order chi connectivity index (χ1) is 9.46. The topological polar surface area (TPSA) is 63.2 Å². The van der Waals surface area contributed by atoms with Crippen molar-refractivity contribution < 1.29 is 13.2 Å². The van der Waals surface area contributed by atoms with Crippen molar-refractivity contribution in [2.24, 2.45) is 5.92 Å². The summed E-state index contributed by atoms with van der Waals surface area (Å²) >= 11 is 0. The van der Waals surface area contributed by atoms with Gasteiger partial charge < -0.3 is 5.32 Å². The molecule has 0 spiro atoms. The molecule has 4 nitrogen and oxygen atoms in total. The Hall–Kier alpha value is -1.36. The maximum atomic E-state index is 11.8. The van der Waals surface area contributed by atoms with Crippen LogP contribution in [0.3, 0.4) is 0 Å². The SMILES string of the molecule is Cc1ccccc1CC(=O)NCCC1CCS(=O)(=O)C1. The molecule has 5 heteroatoms. The molecule has 0 saturated carbocycles. The second kappa shape index (κ2) is 6.39. The fraction of sp³-hybridized carbons (Fsp3) is 0.533. The van der Waals surface area contributed by atoms with E-state index in [4.69, 9.17) is 0 Å². The van der Waals surface area contributed by atoms with Crippen LogP contribution in [-0.2, 0) is 21.1 Å². The van der Waals surface area contributed by atoms with E-state index in [2.05, 4.69) is 5.32 Å². The van der Waals surface area contributed by atoms with Crippen molar-refractivity contribution in [1.82, 2.24) is 5.32 Å². The minimum atomic E-state index is -2.81. The Labute approximate surface area is 120 Å². The summed E-state index contributed by atoms with van der Waals surface area (Å²) in [6.07, 6.45) is 1.87. The van der Waals surface area contributed by atoms with Gasteiger partial charge in [-0.3, -0.25) is 4.79 Å². The molecule has 0 bridgehead atoms. The molecule has 1 saturated heterocycles. The van der Waals surface area contributed by atoms with Crippen molar-refractivity contribution in [3.8, 4) is 0 Å². The molecule has 1 unspecified atom stereocenters. The molecule has 1 atom stereocenters. The number of aryl methyl sites for hydroxylation is 1. The number of hydrogen-bond donors (Lipinski definition) is 1. The minimum absolute atomic E-state index is 0.000143. The van der Waals surface area contributed by atoms with Crippen molar-refractivity contribution >= 4 is 15.7 Å². The maximum absolute atomic E-state index is 11.8. The number of amides is 1. The third kappa shape index (κ3) is 4.34. The smallest absolute Gasteiger partial charge is 0.224 e. The molecular weight excluding hydrogens is 274 g/mol. The second-order valence-electron chi connectivity index (χ2n) is 5.51. The van der Waals surface area contributed by atoms with Crippen LogP contribution in [0.15, 0.2) is 24.3 Å². The number of rotatable bonds is 5. The summed E-state index contributed by atoms with van der Waals surface area (Å²) < 4.78 is 22.7. The minimum Gasteiger partial charge on any atom is -0.356 e. The first-order valence-electron chi connectivity index (χ1n) is 6.98. The van der Waals surface area contributed by atoms with Crippen molar-refractivity contribution in [3.05, 3.63) is 35.4 Å². The molecule has 1 N–H and O–H groups in total. The number of benzene rings is 1. The van der Waals surface area contributed by atoms with Gasteiger partial charge >= 0.3 is 0 Å². The third-order valence-electron chi connectivity index (χ3n) is 3.81. The molecule has 1 heterocycles. The molecule has 0 aromatic heterocycles. The Morgan fingerprint density at radius 2 is 2.10 bits per heavy atom. The van der Waals surface area contributed by atoms with Gasteiger partial charge in [-0.05, 0) is 36.8 Å². The van der Waals surface area contributed by atoms with Gasteiger partial charge in [-0.1, -0.05) is 24.3 Å². The Bertz CT molecular complexity index is 581. The average molecular weight is 295 g/mol. The summed E-state index contributed by atoms with van der Waals surface area (Å²) in [5.41, 5.74) is 2.15. The summed E-state index contributed by atoms with van der Waals surface area (Å²) in [6, 6.07) is 7.83. The van der Waals surface area contributed by atoms with E-state index in [0.717, 1.165) is 24.0 Å². The first kappa shape index (κ1) is 15.0. The van der Waals surface area contributed by atoms with Crippen molar-refractivity contribution in [3.63, 3.8) is 0 Å². The molecule has 0 aliphatic carbocycles. The van der Waals surface area contributed by atoms with Crippen molar-refractivity contribution in [2.45, 2.75) is 26.2 Å². The van der Waals surface area contributed by atoms with E-state index < -0.39 is 9.84 Å². The van der Waals surface area contributed by atoms with E-state index in [9.17, 15) is 13.2 Å². The van der Waals surface area contributed by atoms with Crippen LogP contribution in [0.4, 0.5) is 0 Å². The molecule has 1 fully saturated rings. The highest BCUT2D eigenvalue weighted by atomic mass is 32.2. The number of hydrogen-bond acceptors (Lipinski definition) is 3. The Balaban J connectivity index is 1.72. The molecule has 1 aromatic carbocycles. The Morgan fingerprint density at radius 1 is 1.35 bits per heavy atom. The normalized spacial score (nSPS) is 20.8. The standard InChI is InChI=1S/C15H21NO3S/c1-12-4-2-3-5-14(12)10-15(17)16-8-6-13-7-9-20(18,19)11-13/h2-5,13H,6-11H2,1H3,(H,16,17). The van der Waals surface area contributed by atoms with Crippen LogP contribution in [0.1, 0.15) is 24.0 Å². The van der Waals surface area contributed by atoms with Crippen molar-refractivity contribution in [2.75, 3.05) is 18.1 Å². The van der Waals surface area contributed by atoms with Crippen molar-refractivity contribution in [1.29, 1.82) is 0 Å². The molecule has 1 aliphatic heterocycles. The highest BCUT2D eigenvalue weighted by Crippen LogP contribution is 2.20. The molecule has 20 heavy (non-hydrogen) atoms. The number of sulfone groups is 1. The van der Waals surface area contributed by atoms with Crippen LogP contribution in [0.25, 0.3) is 0 Å². The Kier molecular flexibility index (Phi) is 4.81. The van der Waals surface area contributed by atoms with Gasteiger partial charge in [-0.15, -0.1) is 0 Å². The fourth-order valence-corrected chi connectivity index (χ4v) is 4.47. The van der Waals surface area contributed by atoms with Crippen LogP contribution >= 0.6 is 0 Å². The highest BCUT2D eigenvalue weighted by molar-refractivity contribution is 7.91. The third-order valence-corrected chi connectivity index (χ3v) is 5.65. The number of carbonyl (C=O) groups is 1. The zero-order valence-corrected chi connectivity index (χ0v) is 12.6. The molecule has 0 radical (unpaired) electrons. The monoisotopic (exact) mass is 295 g/mol. The van der Waals surface area contributed by atoms with E-state index in [-0.39, 0.29) is 17.6 Å². The molecule has 2 rings (SSSR count). The van der Waals surface area contributed by atoms with Gasteiger partial charge in [-0.2, -0.15) is 0 Å². The number of nitrogens with one attached hydrogen (secondary N) is 1. The average Bonchev–Trinajstić information content (AvgIpc) is 2.72. The first-order valence-corrected chi connectivity index (χ1v) is 8.80. The molecule has 110 valence electrons. The van der Waals surface area contributed by atoms with Gasteiger partial charge in [0.25, 0.3) is 0 Å². The maximum Gasteiger partial charge on any atom is 0.224 e. The summed E-state index contributed by atoms with van der Waals surface area (Å²) in [5.74, 6) is 0.786. The van der Waals surface area contributed by atoms with Crippen LogP contribution in [0.5, 0.6) is 0 Å². The zero-order chi connectivity index (χ0) is 14.6.